The molecular formula is C13H19BrOS. The Labute approximate surface area is 111 Å². The highest BCUT2D eigenvalue weighted by Gasteiger charge is 2.02. The standard InChI is InChI=1S/C13H19BrOS/c1-4-16-7-5-6-15-12-8-10(2)13(14)11(3)9-12/h8-9H,4-7H2,1-3H3. The van der Waals surface area contributed by atoms with Gasteiger partial charge in [-0.25, -0.2) is 0 Å². The number of benzene rings is 1. The van der Waals surface area contributed by atoms with Crippen molar-refractivity contribution in [1.29, 1.82) is 0 Å². The molecule has 0 spiro atoms. The molecule has 0 aliphatic carbocycles. The zero-order chi connectivity index (χ0) is 12.0. The normalized spacial score (nSPS) is 10.5. The minimum absolute atomic E-state index is 0.813. The molecule has 0 amide bonds. The van der Waals surface area contributed by atoms with Gasteiger partial charge in [0.2, 0.25) is 0 Å². The van der Waals surface area contributed by atoms with E-state index in [0.29, 0.717) is 0 Å². The van der Waals surface area contributed by atoms with Crippen LogP contribution in [0, 0.1) is 13.8 Å². The van der Waals surface area contributed by atoms with Crippen molar-refractivity contribution in [3.8, 4) is 5.75 Å². The van der Waals surface area contributed by atoms with Crippen LogP contribution in [-0.2, 0) is 0 Å². The van der Waals surface area contributed by atoms with Gasteiger partial charge in [0, 0.05) is 4.47 Å². The van der Waals surface area contributed by atoms with Crippen LogP contribution < -0.4 is 4.74 Å². The van der Waals surface area contributed by atoms with E-state index in [4.69, 9.17) is 4.74 Å². The highest BCUT2D eigenvalue weighted by Crippen LogP contribution is 2.26. The third-order valence-electron chi connectivity index (χ3n) is 2.32. The fourth-order valence-corrected chi connectivity index (χ4v) is 2.32. The first-order valence-electron chi connectivity index (χ1n) is 5.62. The molecule has 1 aromatic rings. The molecule has 0 bridgehead atoms. The number of halogens is 1. The number of hydrogen-bond donors (Lipinski definition) is 0. The summed E-state index contributed by atoms with van der Waals surface area (Å²) < 4.78 is 6.92. The molecule has 0 saturated heterocycles. The SMILES string of the molecule is CCSCCCOc1cc(C)c(Br)c(C)c1. The van der Waals surface area contributed by atoms with E-state index in [-0.39, 0.29) is 0 Å². The second kappa shape index (κ2) is 7.23. The first kappa shape index (κ1) is 13.9. The summed E-state index contributed by atoms with van der Waals surface area (Å²) >= 11 is 5.52. The fraction of sp³-hybridized carbons (Fsp3) is 0.538. The summed E-state index contributed by atoms with van der Waals surface area (Å²) in [7, 11) is 0. The van der Waals surface area contributed by atoms with E-state index in [1.54, 1.807) is 0 Å². The molecule has 0 atom stereocenters. The third kappa shape index (κ3) is 4.38. The van der Waals surface area contributed by atoms with Gasteiger partial charge in [-0.2, -0.15) is 11.8 Å². The summed E-state index contributed by atoms with van der Waals surface area (Å²) in [6, 6.07) is 4.17. The molecule has 1 rings (SSSR count). The minimum atomic E-state index is 0.813. The van der Waals surface area contributed by atoms with Crippen LogP contribution in [0.2, 0.25) is 0 Å². The number of hydrogen-bond acceptors (Lipinski definition) is 2. The maximum atomic E-state index is 5.74. The summed E-state index contributed by atoms with van der Waals surface area (Å²) in [6.07, 6.45) is 1.12. The lowest BCUT2D eigenvalue weighted by Gasteiger charge is -2.09. The predicted molar refractivity (Wildman–Crippen MR) is 76.7 cm³/mol. The maximum Gasteiger partial charge on any atom is 0.119 e. The van der Waals surface area contributed by atoms with Gasteiger partial charge in [0.15, 0.2) is 0 Å². The third-order valence-corrected chi connectivity index (χ3v) is 4.55. The second-order valence-corrected chi connectivity index (χ2v) is 5.96. The van der Waals surface area contributed by atoms with Gasteiger partial charge in [0.1, 0.15) is 5.75 Å². The maximum absolute atomic E-state index is 5.74. The van der Waals surface area contributed by atoms with Gasteiger partial charge >= 0.3 is 0 Å². The van der Waals surface area contributed by atoms with Crippen molar-refractivity contribution in [2.75, 3.05) is 18.1 Å². The summed E-state index contributed by atoms with van der Waals surface area (Å²) in [5, 5.41) is 0. The molecule has 0 aromatic heterocycles. The summed E-state index contributed by atoms with van der Waals surface area (Å²) in [4.78, 5) is 0. The van der Waals surface area contributed by atoms with Crippen molar-refractivity contribution in [3.63, 3.8) is 0 Å². The van der Waals surface area contributed by atoms with E-state index < -0.39 is 0 Å². The molecule has 3 heteroatoms. The first-order valence-corrected chi connectivity index (χ1v) is 7.57. The highest BCUT2D eigenvalue weighted by atomic mass is 79.9. The monoisotopic (exact) mass is 302 g/mol. The molecule has 1 nitrogen and oxygen atoms in total. The quantitative estimate of drug-likeness (QED) is 0.711. The Morgan fingerprint density at radius 2 is 1.88 bits per heavy atom. The Kier molecular flexibility index (Phi) is 6.29. The van der Waals surface area contributed by atoms with Gasteiger partial charge in [-0.1, -0.05) is 22.9 Å². The zero-order valence-electron chi connectivity index (χ0n) is 10.2. The largest absolute Gasteiger partial charge is 0.494 e. The molecule has 90 valence electrons. The van der Waals surface area contributed by atoms with Gasteiger partial charge in [0.05, 0.1) is 6.61 Å². The van der Waals surface area contributed by atoms with Crippen LogP contribution in [0.3, 0.4) is 0 Å². The van der Waals surface area contributed by atoms with Crippen molar-refractivity contribution >= 4 is 27.7 Å². The summed E-state index contributed by atoms with van der Waals surface area (Å²) in [5.74, 6) is 3.36. The van der Waals surface area contributed by atoms with Crippen molar-refractivity contribution in [2.24, 2.45) is 0 Å². The minimum Gasteiger partial charge on any atom is -0.494 e. The van der Waals surface area contributed by atoms with Crippen LogP contribution in [0.15, 0.2) is 16.6 Å². The molecule has 1 aromatic carbocycles. The summed E-state index contributed by atoms with van der Waals surface area (Å²) in [5.41, 5.74) is 2.47. The lowest BCUT2D eigenvalue weighted by atomic mass is 10.1. The van der Waals surface area contributed by atoms with Gasteiger partial charge in [0.25, 0.3) is 0 Å². The van der Waals surface area contributed by atoms with Crippen molar-refractivity contribution in [3.05, 3.63) is 27.7 Å². The smallest absolute Gasteiger partial charge is 0.119 e. The van der Waals surface area contributed by atoms with Crippen LogP contribution in [0.1, 0.15) is 24.5 Å². The number of aryl methyl sites for hydroxylation is 2. The molecule has 0 heterocycles. The molecule has 0 aliphatic rings. The number of rotatable bonds is 6. The van der Waals surface area contributed by atoms with Crippen LogP contribution in [0.25, 0.3) is 0 Å². The van der Waals surface area contributed by atoms with Crippen LogP contribution >= 0.6 is 27.7 Å². The lowest BCUT2D eigenvalue weighted by molar-refractivity contribution is 0.318. The van der Waals surface area contributed by atoms with E-state index in [1.165, 1.54) is 27.1 Å². The Balaban J connectivity index is 2.43. The van der Waals surface area contributed by atoms with Crippen molar-refractivity contribution in [2.45, 2.75) is 27.2 Å². The predicted octanol–water partition coefficient (Wildman–Crippen LogP) is 4.59. The van der Waals surface area contributed by atoms with E-state index in [0.717, 1.165) is 18.8 Å². The van der Waals surface area contributed by atoms with Crippen molar-refractivity contribution < 1.29 is 4.74 Å². The molecule has 0 radical (unpaired) electrons. The molecule has 16 heavy (non-hydrogen) atoms. The van der Waals surface area contributed by atoms with E-state index in [9.17, 15) is 0 Å². The topological polar surface area (TPSA) is 9.23 Å². The molecule has 0 aliphatic heterocycles. The van der Waals surface area contributed by atoms with Gasteiger partial charge < -0.3 is 4.74 Å². The highest BCUT2D eigenvalue weighted by molar-refractivity contribution is 9.10. The molecular weight excluding hydrogens is 284 g/mol. The van der Waals surface area contributed by atoms with E-state index >= 15 is 0 Å². The van der Waals surface area contributed by atoms with Crippen molar-refractivity contribution in [1.82, 2.24) is 0 Å². The average Bonchev–Trinajstić information content (AvgIpc) is 2.25. The number of thioether (sulfide) groups is 1. The zero-order valence-corrected chi connectivity index (χ0v) is 12.6. The van der Waals surface area contributed by atoms with E-state index in [2.05, 4.69) is 48.8 Å². The Morgan fingerprint density at radius 3 is 2.44 bits per heavy atom. The fourth-order valence-electron chi connectivity index (χ4n) is 1.48. The molecule has 0 unspecified atom stereocenters. The Morgan fingerprint density at radius 1 is 1.25 bits per heavy atom. The second-order valence-electron chi connectivity index (χ2n) is 3.77. The summed E-state index contributed by atoms with van der Waals surface area (Å²) in [6.45, 7) is 7.19. The van der Waals surface area contributed by atoms with E-state index in [1.807, 2.05) is 11.8 Å². The Bertz CT molecular complexity index is 316. The lowest BCUT2D eigenvalue weighted by Crippen LogP contribution is -1.99. The van der Waals surface area contributed by atoms with Crippen LogP contribution in [0.5, 0.6) is 5.75 Å². The molecule has 0 N–H and O–H groups in total. The molecule has 0 saturated carbocycles. The molecule has 0 fully saturated rings. The number of ether oxygens (including phenoxy) is 1. The van der Waals surface area contributed by atoms with Gasteiger partial charge in [-0.15, -0.1) is 0 Å². The van der Waals surface area contributed by atoms with Crippen LogP contribution in [-0.4, -0.2) is 18.1 Å². The van der Waals surface area contributed by atoms with Crippen LogP contribution in [0.4, 0.5) is 0 Å². The van der Waals surface area contributed by atoms with Gasteiger partial charge in [-0.05, 0) is 55.0 Å². The average molecular weight is 303 g/mol. The first-order chi connectivity index (χ1) is 7.65. The Hall–Kier alpha value is -0.150. The van der Waals surface area contributed by atoms with Gasteiger partial charge in [-0.3, -0.25) is 0 Å².